The molecular weight excluding hydrogens is 280 g/mol. The lowest BCUT2D eigenvalue weighted by molar-refractivity contribution is -0.133. The molecule has 3 nitrogen and oxygen atoms in total. The predicted octanol–water partition coefficient (Wildman–Crippen LogP) is 2.29. The first-order valence-electron chi connectivity index (χ1n) is 7.36. The number of carbonyl (C=O) groups is 1. The summed E-state index contributed by atoms with van der Waals surface area (Å²) < 4.78 is 0. The van der Waals surface area contributed by atoms with Gasteiger partial charge in [0.15, 0.2) is 0 Å². The molecule has 0 radical (unpaired) electrons. The van der Waals surface area contributed by atoms with Gasteiger partial charge in [-0.05, 0) is 37.4 Å². The Morgan fingerprint density at radius 3 is 2.74 bits per heavy atom. The Bertz CT molecular complexity index is 309. The topological polar surface area (TPSA) is 32.3 Å². The van der Waals surface area contributed by atoms with Crippen molar-refractivity contribution in [2.75, 3.05) is 18.6 Å². The van der Waals surface area contributed by atoms with E-state index in [2.05, 4.69) is 5.32 Å². The number of amides is 1. The molecule has 1 N–H and O–H groups in total. The van der Waals surface area contributed by atoms with Gasteiger partial charge >= 0.3 is 0 Å². The van der Waals surface area contributed by atoms with Crippen molar-refractivity contribution in [3.8, 4) is 0 Å². The van der Waals surface area contributed by atoms with Gasteiger partial charge in [-0.25, -0.2) is 0 Å². The Morgan fingerprint density at radius 2 is 2.05 bits per heavy atom. The van der Waals surface area contributed by atoms with E-state index in [9.17, 15) is 4.79 Å². The molecular formula is C14H25ClN2OS. The van der Waals surface area contributed by atoms with Crippen molar-refractivity contribution >= 4 is 30.1 Å². The highest BCUT2D eigenvalue weighted by Gasteiger charge is 2.40. The minimum absolute atomic E-state index is 0. The summed E-state index contributed by atoms with van der Waals surface area (Å²) in [6, 6.07) is 1.21. The number of carbonyl (C=O) groups excluding carboxylic acids is 1. The summed E-state index contributed by atoms with van der Waals surface area (Å²) in [5.41, 5.74) is 0. The van der Waals surface area contributed by atoms with E-state index in [-0.39, 0.29) is 18.4 Å². The first-order valence-corrected chi connectivity index (χ1v) is 8.51. The number of hydrogen-bond donors (Lipinski definition) is 1. The molecule has 2 aliphatic heterocycles. The first kappa shape index (κ1) is 15.5. The van der Waals surface area contributed by atoms with E-state index in [4.69, 9.17) is 0 Å². The fourth-order valence-electron chi connectivity index (χ4n) is 3.76. The van der Waals surface area contributed by atoms with Crippen molar-refractivity contribution in [3.05, 3.63) is 0 Å². The highest BCUT2D eigenvalue weighted by molar-refractivity contribution is 7.99. The Kier molecular flexibility index (Phi) is 5.44. The summed E-state index contributed by atoms with van der Waals surface area (Å²) in [5.74, 6) is 3.45. The Hall–Kier alpha value is 0.0700. The molecule has 1 saturated carbocycles. The SMILES string of the molecule is CN(C(=O)C1CC2CCCCC2N1)C1CCSC1.Cl. The minimum Gasteiger partial charge on any atom is -0.341 e. The van der Waals surface area contributed by atoms with Gasteiger partial charge < -0.3 is 10.2 Å². The Morgan fingerprint density at radius 1 is 1.26 bits per heavy atom. The van der Waals surface area contributed by atoms with E-state index >= 15 is 0 Å². The van der Waals surface area contributed by atoms with E-state index < -0.39 is 0 Å². The molecule has 110 valence electrons. The second kappa shape index (κ2) is 6.68. The molecule has 3 fully saturated rings. The van der Waals surface area contributed by atoms with Gasteiger partial charge in [-0.1, -0.05) is 12.8 Å². The number of rotatable bonds is 2. The number of nitrogens with zero attached hydrogens (tertiary/aromatic N) is 1. The summed E-state index contributed by atoms with van der Waals surface area (Å²) in [7, 11) is 2.00. The zero-order chi connectivity index (χ0) is 12.5. The summed E-state index contributed by atoms with van der Waals surface area (Å²) in [6.45, 7) is 0. The van der Waals surface area contributed by atoms with E-state index in [0.29, 0.717) is 18.0 Å². The van der Waals surface area contributed by atoms with Crippen LogP contribution in [0, 0.1) is 5.92 Å². The third-order valence-electron chi connectivity index (χ3n) is 4.96. The van der Waals surface area contributed by atoms with Gasteiger partial charge in [0.2, 0.25) is 5.91 Å². The minimum atomic E-state index is 0. The monoisotopic (exact) mass is 304 g/mol. The lowest BCUT2D eigenvalue weighted by Crippen LogP contribution is -2.47. The fourth-order valence-corrected chi connectivity index (χ4v) is 5.03. The number of thioether (sulfide) groups is 1. The number of likely N-dealkylation sites (N-methyl/N-ethyl adjacent to an activating group) is 1. The zero-order valence-corrected chi connectivity index (χ0v) is 13.3. The molecule has 4 unspecified atom stereocenters. The van der Waals surface area contributed by atoms with Gasteiger partial charge in [0.05, 0.1) is 6.04 Å². The smallest absolute Gasteiger partial charge is 0.239 e. The highest BCUT2D eigenvalue weighted by Crippen LogP contribution is 2.34. The summed E-state index contributed by atoms with van der Waals surface area (Å²) in [6.07, 6.45) is 7.55. The van der Waals surface area contributed by atoms with Crippen molar-refractivity contribution in [3.63, 3.8) is 0 Å². The average molecular weight is 305 g/mol. The maximum Gasteiger partial charge on any atom is 0.239 e. The summed E-state index contributed by atoms with van der Waals surface area (Å²) in [4.78, 5) is 14.6. The van der Waals surface area contributed by atoms with Crippen LogP contribution in [0.3, 0.4) is 0 Å². The van der Waals surface area contributed by atoms with Crippen LogP contribution in [0.25, 0.3) is 0 Å². The number of hydrogen-bond acceptors (Lipinski definition) is 3. The molecule has 4 atom stereocenters. The molecule has 5 heteroatoms. The standard InChI is InChI=1S/C14H24N2OS.ClH/c1-16(11-6-7-18-9-11)14(17)13-8-10-4-2-3-5-12(10)15-13;/h10-13,15H,2-9H2,1H3;1H. The lowest BCUT2D eigenvalue weighted by Gasteiger charge is -2.27. The van der Waals surface area contributed by atoms with Gasteiger partial charge in [0.25, 0.3) is 0 Å². The van der Waals surface area contributed by atoms with Crippen LogP contribution in [0.2, 0.25) is 0 Å². The van der Waals surface area contributed by atoms with E-state index in [1.807, 2.05) is 23.7 Å². The van der Waals surface area contributed by atoms with Crippen molar-refractivity contribution in [2.45, 2.75) is 56.7 Å². The molecule has 1 amide bonds. The third-order valence-corrected chi connectivity index (χ3v) is 6.11. The van der Waals surface area contributed by atoms with Gasteiger partial charge in [0, 0.05) is 24.9 Å². The second-order valence-corrected chi connectivity index (χ2v) is 7.22. The first-order chi connectivity index (χ1) is 8.75. The Labute approximate surface area is 126 Å². The van der Waals surface area contributed by atoms with E-state index in [1.165, 1.54) is 37.9 Å². The highest BCUT2D eigenvalue weighted by atomic mass is 35.5. The van der Waals surface area contributed by atoms with E-state index in [1.54, 1.807) is 0 Å². The molecule has 0 aromatic carbocycles. The van der Waals surface area contributed by atoms with Gasteiger partial charge in [-0.3, -0.25) is 4.79 Å². The van der Waals surface area contributed by atoms with Crippen LogP contribution in [0.15, 0.2) is 0 Å². The van der Waals surface area contributed by atoms with Crippen LogP contribution in [-0.4, -0.2) is 47.5 Å². The molecule has 1 aliphatic carbocycles. The number of halogens is 1. The maximum atomic E-state index is 12.5. The van der Waals surface area contributed by atoms with E-state index in [0.717, 1.165) is 18.1 Å². The summed E-state index contributed by atoms with van der Waals surface area (Å²) >= 11 is 1.98. The van der Waals surface area contributed by atoms with Crippen molar-refractivity contribution in [1.29, 1.82) is 0 Å². The van der Waals surface area contributed by atoms with Crippen LogP contribution in [0.1, 0.15) is 38.5 Å². The molecule has 3 rings (SSSR count). The molecule has 19 heavy (non-hydrogen) atoms. The van der Waals surface area contributed by atoms with Crippen molar-refractivity contribution < 1.29 is 4.79 Å². The Balaban J connectivity index is 0.00000133. The largest absolute Gasteiger partial charge is 0.341 e. The molecule has 0 aromatic rings. The zero-order valence-electron chi connectivity index (χ0n) is 11.6. The van der Waals surface area contributed by atoms with Crippen LogP contribution in [-0.2, 0) is 4.79 Å². The molecule has 0 spiro atoms. The van der Waals surface area contributed by atoms with Crippen LogP contribution >= 0.6 is 24.2 Å². The van der Waals surface area contributed by atoms with Crippen LogP contribution < -0.4 is 5.32 Å². The number of fused-ring (bicyclic) bond motifs is 1. The lowest BCUT2D eigenvalue weighted by atomic mass is 9.85. The van der Waals surface area contributed by atoms with Crippen LogP contribution in [0.4, 0.5) is 0 Å². The van der Waals surface area contributed by atoms with Gasteiger partial charge in [0.1, 0.15) is 0 Å². The van der Waals surface area contributed by atoms with Crippen LogP contribution in [0.5, 0.6) is 0 Å². The molecule has 2 heterocycles. The van der Waals surface area contributed by atoms with Crippen molar-refractivity contribution in [1.82, 2.24) is 10.2 Å². The van der Waals surface area contributed by atoms with Gasteiger partial charge in [-0.15, -0.1) is 12.4 Å². The summed E-state index contributed by atoms with van der Waals surface area (Å²) in [5, 5.41) is 3.60. The third kappa shape index (κ3) is 3.22. The second-order valence-electron chi connectivity index (χ2n) is 6.07. The molecule has 0 aromatic heterocycles. The molecule has 3 aliphatic rings. The maximum absolute atomic E-state index is 12.5. The quantitative estimate of drug-likeness (QED) is 0.849. The predicted molar refractivity (Wildman–Crippen MR) is 83.0 cm³/mol. The molecule has 0 bridgehead atoms. The fraction of sp³-hybridized carbons (Fsp3) is 0.929. The van der Waals surface area contributed by atoms with Gasteiger partial charge in [-0.2, -0.15) is 11.8 Å². The normalized spacial score (nSPS) is 37.5. The van der Waals surface area contributed by atoms with Crippen molar-refractivity contribution in [2.24, 2.45) is 5.92 Å². The number of nitrogens with one attached hydrogen (secondary N) is 1. The molecule has 2 saturated heterocycles. The average Bonchev–Trinajstić information content (AvgIpc) is 3.05.